The number of halogens is 5. The average molecular weight is 474 g/mol. The molecule has 4 rings (SSSR count). The van der Waals surface area contributed by atoms with Gasteiger partial charge in [0.25, 0.3) is 0 Å². The van der Waals surface area contributed by atoms with Crippen LogP contribution in [-0.4, -0.2) is 13.2 Å². The van der Waals surface area contributed by atoms with Crippen LogP contribution in [0.5, 0.6) is 5.75 Å². The van der Waals surface area contributed by atoms with Crippen molar-refractivity contribution in [3.63, 3.8) is 0 Å². The minimum atomic E-state index is -1.36. The molecule has 1 aliphatic heterocycles. The molecule has 0 amide bonds. The van der Waals surface area contributed by atoms with Crippen LogP contribution in [0.3, 0.4) is 0 Å². The van der Waals surface area contributed by atoms with Crippen LogP contribution < -0.4 is 4.74 Å². The SMILES string of the molecule is C=CC1CCC(c2ccc(-c3ccc(-c4ccc(OCC)c(F)c4)c(F)c3F)c(F)c2F)OC1. The summed E-state index contributed by atoms with van der Waals surface area (Å²) < 4.78 is 84.7. The molecule has 0 radical (unpaired) electrons. The van der Waals surface area contributed by atoms with Gasteiger partial charge in [-0.2, -0.15) is 0 Å². The van der Waals surface area contributed by atoms with E-state index >= 15 is 0 Å². The lowest BCUT2D eigenvalue weighted by molar-refractivity contribution is -0.00732. The zero-order valence-corrected chi connectivity index (χ0v) is 18.5. The monoisotopic (exact) mass is 474 g/mol. The number of hydrogen-bond acceptors (Lipinski definition) is 2. The van der Waals surface area contributed by atoms with E-state index in [9.17, 15) is 22.0 Å². The Balaban J connectivity index is 1.66. The molecular formula is C27H23F5O2. The third-order valence-corrected chi connectivity index (χ3v) is 6.02. The van der Waals surface area contributed by atoms with Gasteiger partial charge in [0, 0.05) is 28.2 Å². The highest BCUT2D eigenvalue weighted by Crippen LogP contribution is 2.38. The summed E-state index contributed by atoms with van der Waals surface area (Å²) in [6.07, 6.45) is 2.35. The molecule has 2 nitrogen and oxygen atoms in total. The lowest BCUT2D eigenvalue weighted by Gasteiger charge is -2.28. The average Bonchev–Trinajstić information content (AvgIpc) is 2.84. The fourth-order valence-corrected chi connectivity index (χ4v) is 4.15. The molecule has 0 aromatic heterocycles. The molecule has 1 saturated heterocycles. The lowest BCUT2D eigenvalue weighted by Crippen LogP contribution is -2.20. The minimum absolute atomic E-state index is 0.0108. The molecule has 2 unspecified atom stereocenters. The van der Waals surface area contributed by atoms with Crippen LogP contribution in [0, 0.1) is 35.0 Å². The van der Waals surface area contributed by atoms with Crippen molar-refractivity contribution < 1.29 is 31.4 Å². The summed E-state index contributed by atoms with van der Waals surface area (Å²) >= 11 is 0. The van der Waals surface area contributed by atoms with Crippen molar-refractivity contribution >= 4 is 0 Å². The Morgan fingerprint density at radius 2 is 1.53 bits per heavy atom. The maximum atomic E-state index is 15.0. The summed E-state index contributed by atoms with van der Waals surface area (Å²) in [7, 11) is 0. The van der Waals surface area contributed by atoms with E-state index in [0.717, 1.165) is 18.6 Å². The van der Waals surface area contributed by atoms with Crippen molar-refractivity contribution in [2.24, 2.45) is 5.92 Å². The van der Waals surface area contributed by atoms with E-state index in [2.05, 4.69) is 6.58 Å². The predicted molar refractivity (Wildman–Crippen MR) is 120 cm³/mol. The van der Waals surface area contributed by atoms with Crippen molar-refractivity contribution in [3.8, 4) is 28.0 Å². The summed E-state index contributed by atoms with van der Waals surface area (Å²) in [5.41, 5.74) is -0.953. The molecule has 0 bridgehead atoms. The Hall–Kier alpha value is -3.19. The first-order valence-electron chi connectivity index (χ1n) is 11.0. The Labute approximate surface area is 194 Å². The van der Waals surface area contributed by atoms with E-state index in [0.29, 0.717) is 13.0 Å². The van der Waals surface area contributed by atoms with Crippen molar-refractivity contribution in [1.82, 2.24) is 0 Å². The highest BCUT2D eigenvalue weighted by atomic mass is 19.2. The third-order valence-electron chi connectivity index (χ3n) is 6.02. The van der Waals surface area contributed by atoms with Gasteiger partial charge in [-0.1, -0.05) is 36.4 Å². The van der Waals surface area contributed by atoms with Crippen LogP contribution >= 0.6 is 0 Å². The Bertz CT molecular complexity index is 1220. The van der Waals surface area contributed by atoms with Crippen molar-refractivity contribution in [1.29, 1.82) is 0 Å². The molecule has 2 atom stereocenters. The second kappa shape index (κ2) is 9.97. The summed E-state index contributed by atoms with van der Waals surface area (Å²) in [6.45, 7) is 6.00. The number of hydrogen-bond donors (Lipinski definition) is 0. The van der Waals surface area contributed by atoms with Gasteiger partial charge in [-0.05, 0) is 37.5 Å². The van der Waals surface area contributed by atoms with Crippen LogP contribution in [0.25, 0.3) is 22.3 Å². The van der Waals surface area contributed by atoms with E-state index < -0.39 is 46.3 Å². The summed E-state index contributed by atoms with van der Waals surface area (Å²) in [4.78, 5) is 0. The maximum absolute atomic E-state index is 15.0. The van der Waals surface area contributed by atoms with Gasteiger partial charge in [-0.15, -0.1) is 6.58 Å². The smallest absolute Gasteiger partial charge is 0.167 e. The molecule has 3 aromatic rings. The van der Waals surface area contributed by atoms with E-state index in [1.165, 1.54) is 30.3 Å². The summed E-state index contributed by atoms with van der Waals surface area (Å²) in [6, 6.07) is 8.63. The zero-order valence-electron chi connectivity index (χ0n) is 18.5. The number of rotatable bonds is 6. The van der Waals surface area contributed by atoms with Gasteiger partial charge < -0.3 is 9.47 Å². The fourth-order valence-electron chi connectivity index (χ4n) is 4.15. The fraction of sp³-hybridized carbons (Fsp3) is 0.259. The van der Waals surface area contributed by atoms with E-state index in [4.69, 9.17) is 9.47 Å². The molecule has 0 saturated carbocycles. The van der Waals surface area contributed by atoms with Gasteiger partial charge in [-0.25, -0.2) is 22.0 Å². The van der Waals surface area contributed by atoms with Crippen LogP contribution in [0.1, 0.15) is 31.4 Å². The summed E-state index contributed by atoms with van der Waals surface area (Å²) in [5.74, 6) is -5.68. The molecule has 3 aromatic carbocycles. The third kappa shape index (κ3) is 4.44. The van der Waals surface area contributed by atoms with Gasteiger partial charge in [0.1, 0.15) is 0 Å². The van der Waals surface area contributed by atoms with E-state index in [1.54, 1.807) is 13.0 Å². The van der Waals surface area contributed by atoms with Crippen LogP contribution in [-0.2, 0) is 4.74 Å². The zero-order chi connectivity index (χ0) is 24.4. The molecule has 0 spiro atoms. The van der Waals surface area contributed by atoms with Gasteiger partial charge in [-0.3, -0.25) is 0 Å². The maximum Gasteiger partial charge on any atom is 0.167 e. The molecule has 178 valence electrons. The number of benzene rings is 3. The van der Waals surface area contributed by atoms with Crippen LogP contribution in [0.4, 0.5) is 22.0 Å². The first kappa shape index (κ1) is 24.0. The first-order chi connectivity index (χ1) is 16.3. The topological polar surface area (TPSA) is 18.5 Å². The normalized spacial score (nSPS) is 18.1. The molecule has 1 aliphatic rings. The standard InChI is InChI=1S/C27H23F5O2/c1-3-15-5-11-22(34-14-15)20-10-9-19(26(31)27(20)32)18-8-7-17(24(29)25(18)30)16-6-12-23(33-4-2)21(28)13-16/h3,6-10,12-13,15,22H,1,4-5,11,14H2,2H3. The summed E-state index contributed by atoms with van der Waals surface area (Å²) in [5, 5.41) is 0. The highest BCUT2D eigenvalue weighted by molar-refractivity contribution is 5.72. The predicted octanol–water partition coefficient (Wildman–Crippen LogP) is 7.77. The van der Waals surface area contributed by atoms with Crippen LogP contribution in [0.2, 0.25) is 0 Å². The molecule has 1 heterocycles. The van der Waals surface area contributed by atoms with E-state index in [1.807, 2.05) is 0 Å². The first-order valence-corrected chi connectivity index (χ1v) is 11.0. The second-order valence-electron chi connectivity index (χ2n) is 8.09. The molecule has 0 N–H and O–H groups in total. The van der Waals surface area contributed by atoms with Crippen molar-refractivity contribution in [2.45, 2.75) is 25.9 Å². The van der Waals surface area contributed by atoms with Gasteiger partial charge in [0.05, 0.1) is 19.3 Å². The molecule has 34 heavy (non-hydrogen) atoms. The van der Waals surface area contributed by atoms with Gasteiger partial charge in [0.2, 0.25) is 0 Å². The van der Waals surface area contributed by atoms with E-state index in [-0.39, 0.29) is 35.0 Å². The Kier molecular flexibility index (Phi) is 7.03. The van der Waals surface area contributed by atoms with Crippen molar-refractivity contribution in [3.05, 3.63) is 89.8 Å². The largest absolute Gasteiger partial charge is 0.491 e. The molecule has 0 aliphatic carbocycles. The Morgan fingerprint density at radius 1 is 0.882 bits per heavy atom. The number of ether oxygens (including phenoxy) is 2. The minimum Gasteiger partial charge on any atom is -0.491 e. The van der Waals surface area contributed by atoms with Crippen LogP contribution in [0.15, 0.2) is 55.1 Å². The van der Waals surface area contributed by atoms with Gasteiger partial charge >= 0.3 is 0 Å². The van der Waals surface area contributed by atoms with Gasteiger partial charge in [0.15, 0.2) is 34.8 Å². The van der Waals surface area contributed by atoms with Crippen molar-refractivity contribution in [2.75, 3.05) is 13.2 Å². The quantitative estimate of drug-likeness (QED) is 0.268. The second-order valence-corrected chi connectivity index (χ2v) is 8.09. The Morgan fingerprint density at radius 3 is 2.15 bits per heavy atom. The molecule has 7 heteroatoms. The highest BCUT2D eigenvalue weighted by Gasteiger charge is 2.27. The molecule has 1 fully saturated rings. The molecular weight excluding hydrogens is 451 g/mol. The lowest BCUT2D eigenvalue weighted by atomic mass is 9.92.